The van der Waals surface area contributed by atoms with Crippen LogP contribution in [0.4, 0.5) is 5.69 Å². The molecule has 6 nitrogen and oxygen atoms in total. The second-order valence-electron chi connectivity index (χ2n) is 6.68. The van der Waals surface area contributed by atoms with E-state index in [0.29, 0.717) is 11.4 Å². The van der Waals surface area contributed by atoms with Crippen molar-refractivity contribution in [2.24, 2.45) is 0 Å². The van der Waals surface area contributed by atoms with Crippen molar-refractivity contribution in [3.8, 4) is 5.75 Å². The van der Waals surface area contributed by atoms with Gasteiger partial charge in [-0.05, 0) is 51.1 Å². The third kappa shape index (κ3) is 5.08. The van der Waals surface area contributed by atoms with E-state index < -0.39 is 10.0 Å². The molecule has 0 radical (unpaired) electrons. The number of methoxy groups -OCH3 is 1. The molecule has 2 aromatic rings. The molecule has 0 spiro atoms. The predicted molar refractivity (Wildman–Crippen MR) is 107 cm³/mol. The van der Waals surface area contributed by atoms with E-state index in [1.54, 1.807) is 26.3 Å². The fraction of sp³-hybridized carbons (Fsp3) is 0.350. The van der Waals surface area contributed by atoms with E-state index in [4.69, 9.17) is 4.74 Å². The lowest BCUT2D eigenvalue weighted by molar-refractivity contribution is -0.115. The number of rotatable bonds is 7. The van der Waals surface area contributed by atoms with Crippen LogP contribution in [0.25, 0.3) is 0 Å². The van der Waals surface area contributed by atoms with Crippen LogP contribution in [0.5, 0.6) is 5.75 Å². The summed E-state index contributed by atoms with van der Waals surface area (Å²) in [6.07, 6.45) is 0.168. The fourth-order valence-corrected chi connectivity index (χ4v) is 3.95. The van der Waals surface area contributed by atoms with Crippen molar-refractivity contribution < 1.29 is 17.9 Å². The van der Waals surface area contributed by atoms with Crippen LogP contribution >= 0.6 is 0 Å². The van der Waals surface area contributed by atoms with E-state index in [1.165, 1.54) is 16.4 Å². The minimum absolute atomic E-state index is 0.140. The van der Waals surface area contributed by atoms with Gasteiger partial charge in [-0.15, -0.1) is 0 Å². The molecule has 0 saturated heterocycles. The Morgan fingerprint density at radius 2 is 1.78 bits per heavy atom. The first-order chi connectivity index (χ1) is 12.6. The van der Waals surface area contributed by atoms with Crippen LogP contribution in [0.1, 0.15) is 25.0 Å². The summed E-state index contributed by atoms with van der Waals surface area (Å²) in [5, 5.41) is 2.79. The molecule has 0 fully saturated rings. The fourth-order valence-electron chi connectivity index (χ4n) is 2.58. The SMILES string of the molecule is COc1ccc(C)cc1CC(=O)Nc1ccc(S(=O)(=O)N(C)C(C)C)cc1. The van der Waals surface area contributed by atoms with Gasteiger partial charge in [0.2, 0.25) is 15.9 Å². The first kappa shape index (κ1) is 20.9. The van der Waals surface area contributed by atoms with Gasteiger partial charge in [-0.2, -0.15) is 4.31 Å². The monoisotopic (exact) mass is 390 g/mol. The van der Waals surface area contributed by atoms with E-state index in [2.05, 4.69) is 5.32 Å². The highest BCUT2D eigenvalue weighted by Gasteiger charge is 2.22. The van der Waals surface area contributed by atoms with Crippen LogP contribution < -0.4 is 10.1 Å². The van der Waals surface area contributed by atoms with Crippen LogP contribution in [0.2, 0.25) is 0 Å². The van der Waals surface area contributed by atoms with E-state index in [9.17, 15) is 13.2 Å². The van der Waals surface area contributed by atoms with Gasteiger partial charge in [-0.25, -0.2) is 8.42 Å². The van der Waals surface area contributed by atoms with E-state index >= 15 is 0 Å². The number of nitrogens with zero attached hydrogens (tertiary/aromatic N) is 1. The third-order valence-electron chi connectivity index (χ3n) is 4.33. The number of carbonyl (C=O) groups excluding carboxylic acids is 1. The Balaban J connectivity index is 2.11. The van der Waals surface area contributed by atoms with E-state index in [0.717, 1.165) is 11.1 Å². The summed E-state index contributed by atoms with van der Waals surface area (Å²) >= 11 is 0. The van der Waals surface area contributed by atoms with Gasteiger partial charge >= 0.3 is 0 Å². The number of aryl methyl sites for hydroxylation is 1. The molecular formula is C20H26N2O4S. The van der Waals surface area contributed by atoms with Crippen LogP contribution in [-0.4, -0.2) is 38.8 Å². The third-order valence-corrected chi connectivity index (χ3v) is 6.38. The van der Waals surface area contributed by atoms with Crippen molar-refractivity contribution in [1.29, 1.82) is 0 Å². The molecule has 0 heterocycles. The van der Waals surface area contributed by atoms with Crippen molar-refractivity contribution in [3.05, 3.63) is 53.6 Å². The average molecular weight is 391 g/mol. The maximum Gasteiger partial charge on any atom is 0.243 e. The van der Waals surface area contributed by atoms with Gasteiger partial charge in [0.15, 0.2) is 0 Å². The molecule has 1 amide bonds. The molecule has 0 atom stereocenters. The topological polar surface area (TPSA) is 75.7 Å². The molecular weight excluding hydrogens is 364 g/mol. The van der Waals surface area contributed by atoms with Crippen LogP contribution in [0.3, 0.4) is 0 Å². The van der Waals surface area contributed by atoms with Crippen molar-refractivity contribution in [1.82, 2.24) is 4.31 Å². The molecule has 27 heavy (non-hydrogen) atoms. The molecule has 2 aromatic carbocycles. The average Bonchev–Trinajstić information content (AvgIpc) is 2.61. The lowest BCUT2D eigenvalue weighted by Crippen LogP contribution is -2.33. The first-order valence-corrected chi connectivity index (χ1v) is 10.1. The predicted octanol–water partition coefficient (Wildman–Crippen LogP) is 3.21. The van der Waals surface area contributed by atoms with Gasteiger partial charge < -0.3 is 10.1 Å². The molecule has 1 N–H and O–H groups in total. The second-order valence-corrected chi connectivity index (χ2v) is 8.68. The zero-order chi connectivity index (χ0) is 20.2. The Kier molecular flexibility index (Phi) is 6.62. The number of carbonyl (C=O) groups is 1. The van der Waals surface area contributed by atoms with Crippen LogP contribution in [0, 0.1) is 6.92 Å². The minimum atomic E-state index is -3.54. The summed E-state index contributed by atoms with van der Waals surface area (Å²) in [6, 6.07) is 11.7. The molecule has 0 aliphatic rings. The van der Waals surface area contributed by atoms with Crippen molar-refractivity contribution in [3.63, 3.8) is 0 Å². The summed E-state index contributed by atoms with van der Waals surface area (Å²) in [5.41, 5.74) is 2.38. The van der Waals surface area contributed by atoms with Gasteiger partial charge in [0.25, 0.3) is 0 Å². The molecule has 7 heteroatoms. The Bertz CT molecular complexity index is 906. The Morgan fingerprint density at radius 1 is 1.15 bits per heavy atom. The van der Waals surface area contributed by atoms with Gasteiger partial charge in [0, 0.05) is 24.3 Å². The van der Waals surface area contributed by atoms with Crippen LogP contribution in [-0.2, 0) is 21.2 Å². The molecule has 0 saturated carbocycles. The maximum absolute atomic E-state index is 12.5. The second kappa shape index (κ2) is 8.54. The highest BCUT2D eigenvalue weighted by Crippen LogP contribution is 2.22. The first-order valence-electron chi connectivity index (χ1n) is 8.66. The Morgan fingerprint density at radius 3 is 2.33 bits per heavy atom. The number of ether oxygens (including phenoxy) is 1. The zero-order valence-electron chi connectivity index (χ0n) is 16.3. The number of anilines is 1. The number of hydrogen-bond acceptors (Lipinski definition) is 4. The molecule has 0 aliphatic heterocycles. The molecule has 0 bridgehead atoms. The number of amides is 1. The number of nitrogens with one attached hydrogen (secondary N) is 1. The maximum atomic E-state index is 12.5. The highest BCUT2D eigenvalue weighted by atomic mass is 32.2. The normalized spacial score (nSPS) is 11.7. The number of sulfonamides is 1. The standard InChI is InChI=1S/C20H26N2O4S/c1-14(2)22(4)27(24,25)18-9-7-17(8-10-18)21-20(23)13-16-12-15(3)6-11-19(16)26-5/h6-12,14H,13H2,1-5H3,(H,21,23). The molecule has 146 valence electrons. The van der Waals surface area contributed by atoms with Crippen LogP contribution in [0.15, 0.2) is 47.4 Å². The Hall–Kier alpha value is -2.38. The molecule has 0 unspecified atom stereocenters. The quantitative estimate of drug-likeness (QED) is 0.788. The van der Waals surface area contributed by atoms with E-state index in [-0.39, 0.29) is 23.3 Å². The summed E-state index contributed by atoms with van der Waals surface area (Å²) < 4.78 is 31.6. The zero-order valence-corrected chi connectivity index (χ0v) is 17.1. The summed E-state index contributed by atoms with van der Waals surface area (Å²) in [4.78, 5) is 12.5. The lowest BCUT2D eigenvalue weighted by atomic mass is 10.1. The molecule has 0 aromatic heterocycles. The smallest absolute Gasteiger partial charge is 0.243 e. The van der Waals surface area contributed by atoms with Gasteiger partial charge in [0.1, 0.15) is 5.75 Å². The summed E-state index contributed by atoms with van der Waals surface area (Å²) in [7, 11) is -0.426. The minimum Gasteiger partial charge on any atom is -0.496 e. The molecule has 2 rings (SSSR count). The van der Waals surface area contributed by atoms with Crippen molar-refractivity contribution >= 4 is 21.6 Å². The Labute approximate surface area is 161 Å². The lowest BCUT2D eigenvalue weighted by Gasteiger charge is -2.21. The number of hydrogen-bond donors (Lipinski definition) is 1. The van der Waals surface area contributed by atoms with Gasteiger partial charge in [-0.1, -0.05) is 17.7 Å². The van der Waals surface area contributed by atoms with Gasteiger partial charge in [0.05, 0.1) is 18.4 Å². The van der Waals surface area contributed by atoms with Crippen molar-refractivity contribution in [2.45, 2.75) is 38.1 Å². The van der Waals surface area contributed by atoms with E-state index in [1.807, 2.05) is 39.0 Å². The van der Waals surface area contributed by atoms with Crippen molar-refractivity contribution in [2.75, 3.05) is 19.5 Å². The summed E-state index contributed by atoms with van der Waals surface area (Å²) in [6.45, 7) is 5.58. The summed E-state index contributed by atoms with van der Waals surface area (Å²) in [5.74, 6) is 0.461. The largest absolute Gasteiger partial charge is 0.496 e. The molecule has 0 aliphatic carbocycles. The number of benzene rings is 2. The highest BCUT2D eigenvalue weighted by molar-refractivity contribution is 7.89. The van der Waals surface area contributed by atoms with Gasteiger partial charge in [-0.3, -0.25) is 4.79 Å².